The average molecular weight is 379 g/mol. The van der Waals surface area contributed by atoms with E-state index in [1.807, 2.05) is 24.4 Å². The molecule has 0 radical (unpaired) electrons. The monoisotopic (exact) mass is 379 g/mol. The van der Waals surface area contributed by atoms with Crippen LogP contribution in [-0.2, 0) is 0 Å². The highest BCUT2D eigenvalue weighted by molar-refractivity contribution is 7.71. The van der Waals surface area contributed by atoms with Crippen molar-refractivity contribution in [2.75, 3.05) is 5.32 Å². The first-order valence-electron chi connectivity index (χ1n) is 8.09. The Bertz CT molecular complexity index is 1160. The van der Waals surface area contributed by atoms with Crippen LogP contribution >= 0.6 is 12.2 Å². The zero-order chi connectivity index (χ0) is 18.8. The van der Waals surface area contributed by atoms with E-state index >= 15 is 0 Å². The number of aromatic amines is 2. The normalized spacial score (nSPS) is 10.7. The molecule has 0 bridgehead atoms. The van der Waals surface area contributed by atoms with Crippen LogP contribution in [0, 0.1) is 10.6 Å². The molecular weight excluding hydrogens is 365 g/mol. The molecule has 27 heavy (non-hydrogen) atoms. The van der Waals surface area contributed by atoms with Gasteiger partial charge in [0.2, 0.25) is 0 Å². The maximum Gasteiger partial charge on any atom is 0.259 e. The summed E-state index contributed by atoms with van der Waals surface area (Å²) in [6.45, 7) is 0. The van der Waals surface area contributed by atoms with Gasteiger partial charge >= 0.3 is 0 Å². The van der Waals surface area contributed by atoms with Crippen LogP contribution in [-0.4, -0.2) is 25.7 Å². The molecule has 2 heterocycles. The smallest absolute Gasteiger partial charge is 0.259 e. The quantitative estimate of drug-likeness (QED) is 0.462. The molecule has 4 rings (SSSR count). The maximum absolute atomic E-state index is 13.1. The fraction of sp³-hybridized carbons (Fsp3) is 0. The second-order valence-corrected chi connectivity index (χ2v) is 6.19. The third kappa shape index (κ3) is 3.42. The van der Waals surface area contributed by atoms with Crippen LogP contribution in [0.3, 0.4) is 0 Å². The Morgan fingerprint density at radius 1 is 1.19 bits per heavy atom. The molecule has 1 amide bonds. The highest BCUT2D eigenvalue weighted by Crippen LogP contribution is 2.23. The molecule has 2 aromatic carbocycles. The van der Waals surface area contributed by atoms with Crippen molar-refractivity contribution in [1.82, 2.24) is 19.7 Å². The van der Waals surface area contributed by atoms with Gasteiger partial charge in [-0.15, -0.1) is 0 Å². The van der Waals surface area contributed by atoms with Gasteiger partial charge in [0.1, 0.15) is 5.82 Å². The summed E-state index contributed by atoms with van der Waals surface area (Å²) in [7, 11) is 0. The Kier molecular flexibility index (Phi) is 4.39. The Hall–Kier alpha value is -3.52. The molecule has 3 N–H and O–H groups in total. The summed E-state index contributed by atoms with van der Waals surface area (Å²) in [5, 5.41) is 9.60. The van der Waals surface area contributed by atoms with E-state index < -0.39 is 0 Å². The van der Waals surface area contributed by atoms with Gasteiger partial charge in [-0.1, -0.05) is 6.07 Å². The average Bonchev–Trinajstić information content (AvgIpc) is 3.31. The number of hydrogen-bond donors (Lipinski definition) is 3. The van der Waals surface area contributed by atoms with Gasteiger partial charge < -0.3 is 10.3 Å². The molecule has 0 aliphatic carbocycles. The molecule has 0 aliphatic heterocycles. The number of aromatic nitrogens is 4. The third-order valence-corrected chi connectivity index (χ3v) is 4.36. The predicted molar refractivity (Wildman–Crippen MR) is 103 cm³/mol. The van der Waals surface area contributed by atoms with Crippen molar-refractivity contribution in [3.63, 3.8) is 0 Å². The van der Waals surface area contributed by atoms with E-state index in [1.54, 1.807) is 29.0 Å². The minimum Gasteiger partial charge on any atom is -0.337 e. The second-order valence-electron chi connectivity index (χ2n) is 5.81. The van der Waals surface area contributed by atoms with Crippen LogP contribution in [0.25, 0.3) is 16.9 Å². The molecule has 0 aliphatic rings. The maximum atomic E-state index is 13.1. The fourth-order valence-corrected chi connectivity index (χ4v) is 2.98. The number of nitrogens with zero attached hydrogens (tertiary/aromatic N) is 2. The Morgan fingerprint density at radius 3 is 2.74 bits per heavy atom. The van der Waals surface area contributed by atoms with Gasteiger partial charge in [-0.05, 0) is 54.7 Å². The van der Waals surface area contributed by atoms with Gasteiger partial charge in [-0.2, -0.15) is 5.10 Å². The van der Waals surface area contributed by atoms with Crippen molar-refractivity contribution >= 4 is 23.8 Å². The molecule has 0 fully saturated rings. The van der Waals surface area contributed by atoms with Crippen LogP contribution in [0.15, 0.2) is 67.1 Å². The molecule has 8 heteroatoms. The van der Waals surface area contributed by atoms with Crippen LogP contribution < -0.4 is 5.32 Å². The summed E-state index contributed by atoms with van der Waals surface area (Å²) in [6, 6.07) is 13.2. The number of carbonyl (C=O) groups is 1. The van der Waals surface area contributed by atoms with E-state index in [1.165, 1.54) is 18.3 Å². The van der Waals surface area contributed by atoms with Gasteiger partial charge in [0.05, 0.1) is 17.5 Å². The largest absolute Gasteiger partial charge is 0.337 e. The fourth-order valence-electron chi connectivity index (χ4n) is 2.75. The first kappa shape index (κ1) is 16.9. The summed E-state index contributed by atoms with van der Waals surface area (Å²) >= 11 is 5.22. The lowest BCUT2D eigenvalue weighted by Crippen LogP contribution is -2.12. The zero-order valence-corrected chi connectivity index (χ0v) is 14.8. The molecule has 0 atom stereocenters. The first-order valence-corrected chi connectivity index (χ1v) is 8.50. The molecule has 134 valence electrons. The Balaban J connectivity index is 1.61. The van der Waals surface area contributed by atoms with Crippen molar-refractivity contribution in [2.45, 2.75) is 0 Å². The van der Waals surface area contributed by atoms with Crippen molar-refractivity contribution in [2.24, 2.45) is 0 Å². The number of amides is 1. The summed E-state index contributed by atoms with van der Waals surface area (Å²) in [4.78, 5) is 15.7. The van der Waals surface area contributed by atoms with E-state index in [-0.39, 0.29) is 11.7 Å². The molecular formula is C19H14FN5OS. The Labute approximate surface area is 158 Å². The van der Waals surface area contributed by atoms with Crippen LogP contribution in [0.1, 0.15) is 10.4 Å². The minimum absolute atomic E-state index is 0.321. The molecule has 6 nitrogen and oxygen atoms in total. The molecule has 0 saturated heterocycles. The topological polar surface area (TPSA) is 78.5 Å². The minimum atomic E-state index is -0.343. The van der Waals surface area contributed by atoms with E-state index in [2.05, 4.69) is 20.5 Å². The Morgan fingerprint density at radius 2 is 2.00 bits per heavy atom. The van der Waals surface area contributed by atoms with Crippen molar-refractivity contribution in [3.8, 4) is 16.9 Å². The highest BCUT2D eigenvalue weighted by Gasteiger charge is 2.16. The zero-order valence-electron chi connectivity index (χ0n) is 13.9. The molecule has 2 aromatic heterocycles. The molecule has 0 unspecified atom stereocenters. The van der Waals surface area contributed by atoms with Gasteiger partial charge in [-0.25, -0.2) is 4.39 Å². The number of imidazole rings is 1. The number of hydrogen-bond acceptors (Lipinski definition) is 3. The number of benzene rings is 2. The highest BCUT2D eigenvalue weighted by atomic mass is 32.1. The summed E-state index contributed by atoms with van der Waals surface area (Å²) in [5.41, 5.74) is 3.00. The third-order valence-electron chi connectivity index (χ3n) is 4.05. The first-order chi connectivity index (χ1) is 13.1. The van der Waals surface area contributed by atoms with E-state index in [0.29, 0.717) is 27.3 Å². The number of anilines is 1. The molecule has 0 saturated carbocycles. The van der Waals surface area contributed by atoms with Crippen molar-refractivity contribution in [3.05, 3.63) is 83.3 Å². The lowest BCUT2D eigenvalue weighted by Gasteiger charge is -2.08. The SMILES string of the molecule is O=C(Nc1cccc(-n2cc[nH]c2=S)c1)c1cn[nH]c1-c1ccc(F)cc1. The lowest BCUT2D eigenvalue weighted by atomic mass is 10.1. The molecule has 4 aromatic rings. The second kappa shape index (κ2) is 7.00. The predicted octanol–water partition coefficient (Wildman–Crippen LogP) is 4.32. The van der Waals surface area contributed by atoms with Gasteiger partial charge in [0.15, 0.2) is 4.77 Å². The number of nitrogens with one attached hydrogen (secondary N) is 3. The van der Waals surface area contributed by atoms with E-state index in [0.717, 1.165) is 5.69 Å². The van der Waals surface area contributed by atoms with Crippen LogP contribution in [0.5, 0.6) is 0 Å². The molecule has 0 spiro atoms. The summed E-state index contributed by atoms with van der Waals surface area (Å²) in [5.74, 6) is -0.665. The summed E-state index contributed by atoms with van der Waals surface area (Å²) in [6.07, 6.45) is 5.00. The van der Waals surface area contributed by atoms with Crippen LogP contribution in [0.2, 0.25) is 0 Å². The standard InChI is InChI=1S/C19H14FN5OS/c20-13-6-4-12(5-7-13)17-16(11-22-24-17)18(26)23-14-2-1-3-15(10-14)25-9-8-21-19(25)27/h1-11H,(H,21,27)(H,22,24)(H,23,26). The lowest BCUT2D eigenvalue weighted by molar-refractivity contribution is 0.102. The number of rotatable bonds is 4. The van der Waals surface area contributed by atoms with Gasteiger partial charge in [0, 0.05) is 29.3 Å². The number of carbonyl (C=O) groups excluding carboxylic acids is 1. The number of halogens is 1. The van der Waals surface area contributed by atoms with Crippen LogP contribution in [0.4, 0.5) is 10.1 Å². The summed E-state index contributed by atoms with van der Waals surface area (Å²) < 4.78 is 15.5. The van der Waals surface area contributed by atoms with Crippen molar-refractivity contribution < 1.29 is 9.18 Å². The van der Waals surface area contributed by atoms with E-state index in [9.17, 15) is 9.18 Å². The van der Waals surface area contributed by atoms with Crippen molar-refractivity contribution in [1.29, 1.82) is 0 Å². The van der Waals surface area contributed by atoms with Gasteiger partial charge in [-0.3, -0.25) is 14.5 Å². The number of H-pyrrole nitrogens is 2. The van der Waals surface area contributed by atoms with Gasteiger partial charge in [0.25, 0.3) is 5.91 Å². The van der Waals surface area contributed by atoms with E-state index in [4.69, 9.17) is 12.2 Å².